The van der Waals surface area contributed by atoms with Crippen LogP contribution in [0.5, 0.6) is 0 Å². The second-order valence-electron chi connectivity index (χ2n) is 5.19. The molecule has 2 aromatic heterocycles. The number of aromatic nitrogens is 2. The van der Waals surface area contributed by atoms with Crippen LogP contribution in [0.2, 0.25) is 0 Å². The molecule has 4 rings (SSSR count). The van der Waals surface area contributed by atoms with E-state index in [1.54, 1.807) is 0 Å². The smallest absolute Gasteiger partial charge is 0.0665 e. The molecule has 2 N–H and O–H groups in total. The van der Waals surface area contributed by atoms with Gasteiger partial charge in [0, 0.05) is 17.3 Å². The number of nitrogens with one attached hydrogen (secondary N) is 2. The molecule has 0 fully saturated rings. The maximum absolute atomic E-state index is 4.25. The summed E-state index contributed by atoms with van der Waals surface area (Å²) in [5.74, 6) is 0. The number of hydrogen-bond acceptors (Lipinski definition) is 2. The Morgan fingerprint density at radius 2 is 1.55 bits per heavy atom. The monoisotopic (exact) mass is 285 g/mol. The van der Waals surface area contributed by atoms with Crippen LogP contribution >= 0.6 is 0 Å². The number of nitrogens with zero attached hydrogens (tertiary/aromatic N) is 1. The van der Waals surface area contributed by atoms with Gasteiger partial charge < -0.3 is 10.3 Å². The fourth-order valence-electron chi connectivity index (χ4n) is 2.61. The van der Waals surface area contributed by atoms with E-state index in [0.29, 0.717) is 0 Å². The Labute approximate surface area is 128 Å². The second-order valence-corrected chi connectivity index (χ2v) is 5.19. The molecule has 22 heavy (non-hydrogen) atoms. The highest BCUT2D eigenvalue weighted by molar-refractivity contribution is 5.92. The lowest BCUT2D eigenvalue weighted by molar-refractivity contribution is 1.33. The Balaban J connectivity index is 1.63. The van der Waals surface area contributed by atoms with E-state index < -0.39 is 0 Å². The molecule has 0 atom stereocenters. The first kappa shape index (κ1) is 12.7. The minimum absolute atomic E-state index is 1.01. The molecule has 3 nitrogen and oxygen atoms in total. The van der Waals surface area contributed by atoms with Crippen molar-refractivity contribution in [3.05, 3.63) is 79.3 Å². The van der Waals surface area contributed by atoms with Crippen LogP contribution in [0.15, 0.2) is 79.3 Å². The molecular weight excluding hydrogens is 270 g/mol. The van der Waals surface area contributed by atoms with Gasteiger partial charge in [-0.1, -0.05) is 42.5 Å². The molecule has 2 aromatic carbocycles. The van der Waals surface area contributed by atoms with E-state index in [-0.39, 0.29) is 0 Å². The number of benzene rings is 2. The number of H-pyrrole nitrogens is 1. The Morgan fingerprint density at radius 3 is 2.36 bits per heavy atom. The van der Waals surface area contributed by atoms with Crippen molar-refractivity contribution in [1.82, 2.24) is 9.97 Å². The second kappa shape index (κ2) is 5.37. The first-order chi connectivity index (χ1) is 10.9. The highest BCUT2D eigenvalue weighted by Crippen LogP contribution is 2.26. The molecule has 0 unspecified atom stereocenters. The summed E-state index contributed by atoms with van der Waals surface area (Å²) in [6.45, 7) is 0. The third-order valence-corrected chi connectivity index (χ3v) is 3.75. The van der Waals surface area contributed by atoms with Gasteiger partial charge in [0.05, 0.1) is 23.6 Å². The maximum atomic E-state index is 4.25. The summed E-state index contributed by atoms with van der Waals surface area (Å²) < 4.78 is 0. The van der Waals surface area contributed by atoms with Gasteiger partial charge in [-0.2, -0.15) is 0 Å². The third-order valence-electron chi connectivity index (χ3n) is 3.75. The highest BCUT2D eigenvalue weighted by atomic mass is 14.9. The van der Waals surface area contributed by atoms with Gasteiger partial charge >= 0.3 is 0 Å². The van der Waals surface area contributed by atoms with Gasteiger partial charge in [0.15, 0.2) is 0 Å². The predicted octanol–water partition coefficient (Wildman–Crippen LogP) is 4.97. The quantitative estimate of drug-likeness (QED) is 0.557. The standard InChI is InChI=1S/C19H15N3/c1-2-4-14(5-3-1)15-6-8-16(9-7-15)22-19-13-20-12-18-17(19)10-11-21-18/h1-13,21-22H. The summed E-state index contributed by atoms with van der Waals surface area (Å²) in [5, 5.41) is 4.57. The topological polar surface area (TPSA) is 40.7 Å². The molecule has 0 saturated heterocycles. The van der Waals surface area contributed by atoms with Gasteiger partial charge in [0.2, 0.25) is 0 Å². The lowest BCUT2D eigenvalue weighted by Crippen LogP contribution is -1.91. The van der Waals surface area contributed by atoms with Crippen LogP contribution in [0.1, 0.15) is 0 Å². The summed E-state index contributed by atoms with van der Waals surface area (Å²) in [6, 6.07) is 20.9. The summed E-state index contributed by atoms with van der Waals surface area (Å²) in [6.07, 6.45) is 5.61. The van der Waals surface area contributed by atoms with Gasteiger partial charge in [0.1, 0.15) is 0 Å². The molecule has 0 bridgehead atoms. The van der Waals surface area contributed by atoms with E-state index in [9.17, 15) is 0 Å². The molecule has 2 heterocycles. The summed E-state index contributed by atoms with van der Waals surface area (Å²) >= 11 is 0. The number of fused-ring (bicyclic) bond motifs is 1. The lowest BCUT2D eigenvalue weighted by atomic mass is 10.1. The van der Waals surface area contributed by atoms with Crippen molar-refractivity contribution in [2.45, 2.75) is 0 Å². The van der Waals surface area contributed by atoms with Crippen LogP contribution in [0.4, 0.5) is 11.4 Å². The van der Waals surface area contributed by atoms with E-state index >= 15 is 0 Å². The van der Waals surface area contributed by atoms with Gasteiger partial charge in [0.25, 0.3) is 0 Å². The molecule has 106 valence electrons. The van der Waals surface area contributed by atoms with Crippen molar-refractivity contribution in [1.29, 1.82) is 0 Å². The first-order valence-corrected chi connectivity index (χ1v) is 7.24. The lowest BCUT2D eigenvalue weighted by Gasteiger charge is -2.08. The maximum Gasteiger partial charge on any atom is 0.0665 e. The van der Waals surface area contributed by atoms with E-state index in [1.165, 1.54) is 11.1 Å². The van der Waals surface area contributed by atoms with E-state index in [0.717, 1.165) is 22.3 Å². The SMILES string of the molecule is c1ccc(-c2ccc(Nc3cncc4[nH]ccc34)cc2)cc1. The molecule has 0 amide bonds. The molecule has 0 spiro atoms. The highest BCUT2D eigenvalue weighted by Gasteiger charge is 2.03. The fourth-order valence-corrected chi connectivity index (χ4v) is 2.61. The van der Waals surface area contributed by atoms with Crippen molar-refractivity contribution in [2.75, 3.05) is 5.32 Å². The molecule has 0 aliphatic heterocycles. The summed E-state index contributed by atoms with van der Waals surface area (Å²) in [4.78, 5) is 7.43. The number of anilines is 2. The molecule has 0 aliphatic rings. The Bertz CT molecular complexity index is 893. The van der Waals surface area contributed by atoms with Gasteiger partial charge in [-0.3, -0.25) is 4.98 Å². The Kier molecular flexibility index (Phi) is 3.09. The first-order valence-electron chi connectivity index (χ1n) is 7.24. The number of rotatable bonds is 3. The van der Waals surface area contributed by atoms with E-state index in [1.807, 2.05) is 24.7 Å². The minimum atomic E-state index is 1.01. The van der Waals surface area contributed by atoms with Crippen LogP contribution in [-0.4, -0.2) is 9.97 Å². The zero-order valence-corrected chi connectivity index (χ0v) is 12.0. The van der Waals surface area contributed by atoms with Crippen LogP contribution in [-0.2, 0) is 0 Å². The zero-order valence-electron chi connectivity index (χ0n) is 12.0. The average molecular weight is 285 g/mol. The van der Waals surface area contributed by atoms with Gasteiger partial charge in [-0.05, 0) is 29.3 Å². The number of aromatic amines is 1. The fraction of sp³-hybridized carbons (Fsp3) is 0. The Hall–Kier alpha value is -3.07. The third kappa shape index (κ3) is 2.33. The summed E-state index contributed by atoms with van der Waals surface area (Å²) in [7, 11) is 0. The molecule has 0 aliphatic carbocycles. The van der Waals surface area contributed by atoms with Crippen LogP contribution in [0, 0.1) is 0 Å². The van der Waals surface area contributed by atoms with Gasteiger partial charge in [-0.15, -0.1) is 0 Å². The van der Waals surface area contributed by atoms with Crippen molar-refractivity contribution in [3.8, 4) is 11.1 Å². The van der Waals surface area contributed by atoms with Crippen molar-refractivity contribution < 1.29 is 0 Å². The number of pyridine rings is 1. The molecule has 3 heteroatoms. The Morgan fingerprint density at radius 1 is 0.773 bits per heavy atom. The molecule has 0 radical (unpaired) electrons. The van der Waals surface area contributed by atoms with Crippen molar-refractivity contribution >= 4 is 22.3 Å². The van der Waals surface area contributed by atoms with E-state index in [4.69, 9.17) is 0 Å². The zero-order chi connectivity index (χ0) is 14.8. The largest absolute Gasteiger partial charge is 0.360 e. The van der Waals surface area contributed by atoms with Crippen LogP contribution in [0.25, 0.3) is 22.0 Å². The van der Waals surface area contributed by atoms with Crippen LogP contribution < -0.4 is 5.32 Å². The minimum Gasteiger partial charge on any atom is -0.360 e. The molecule has 0 saturated carbocycles. The van der Waals surface area contributed by atoms with Crippen molar-refractivity contribution in [3.63, 3.8) is 0 Å². The normalized spacial score (nSPS) is 10.7. The molecular formula is C19H15N3. The van der Waals surface area contributed by atoms with E-state index in [2.05, 4.69) is 69.9 Å². The predicted molar refractivity (Wildman–Crippen MR) is 91.3 cm³/mol. The average Bonchev–Trinajstić information content (AvgIpc) is 3.06. The summed E-state index contributed by atoms with van der Waals surface area (Å²) in [5.41, 5.74) is 5.53. The van der Waals surface area contributed by atoms with Gasteiger partial charge in [-0.25, -0.2) is 0 Å². The number of hydrogen-bond donors (Lipinski definition) is 2. The van der Waals surface area contributed by atoms with Crippen molar-refractivity contribution in [2.24, 2.45) is 0 Å². The van der Waals surface area contributed by atoms with Crippen LogP contribution in [0.3, 0.4) is 0 Å². The molecule has 4 aromatic rings.